The number of hydrogen-bond acceptors (Lipinski definition) is 10. The molecule has 0 saturated heterocycles. The van der Waals surface area contributed by atoms with Crippen molar-refractivity contribution in [3.05, 3.63) is 187 Å². The summed E-state index contributed by atoms with van der Waals surface area (Å²) >= 11 is 3.32. The molecule has 0 spiro atoms. The highest BCUT2D eigenvalue weighted by molar-refractivity contribution is 7.10. The van der Waals surface area contributed by atoms with Crippen molar-refractivity contribution in [2.75, 3.05) is 0 Å². The molecule has 1 aliphatic rings. The molecule has 0 unspecified atom stereocenters. The van der Waals surface area contributed by atoms with Crippen LogP contribution in [0.3, 0.4) is 0 Å². The Kier molecular flexibility index (Phi) is 10.7. The summed E-state index contributed by atoms with van der Waals surface area (Å²) in [6.45, 7) is 2.86. The van der Waals surface area contributed by atoms with E-state index in [4.69, 9.17) is 4.74 Å². The molecular weight excluding hydrogens is 729 g/mol. The lowest BCUT2D eigenvalue weighted by atomic mass is 9.79. The summed E-state index contributed by atoms with van der Waals surface area (Å²) in [6.07, 6.45) is 3.54. The molecule has 0 atom stereocenters. The first-order valence-electron chi connectivity index (χ1n) is 17.9. The van der Waals surface area contributed by atoms with E-state index in [2.05, 4.69) is 31.9 Å². The average molecular weight is 767 g/mol. The summed E-state index contributed by atoms with van der Waals surface area (Å²) in [5.74, 6) is -0.625. The zero-order valence-electron chi connectivity index (χ0n) is 29.8. The van der Waals surface area contributed by atoms with Crippen LogP contribution in [0.4, 0.5) is 0 Å². The van der Waals surface area contributed by atoms with Gasteiger partial charge < -0.3 is 20.1 Å². The number of aromatic carboxylic acids is 1. The molecule has 0 radical (unpaired) electrons. The van der Waals surface area contributed by atoms with Crippen LogP contribution < -0.4 is 4.74 Å². The normalized spacial score (nSPS) is 12.4. The van der Waals surface area contributed by atoms with E-state index in [0.29, 0.717) is 67.5 Å². The van der Waals surface area contributed by atoms with Crippen molar-refractivity contribution in [1.29, 1.82) is 0 Å². The summed E-state index contributed by atoms with van der Waals surface area (Å²) in [5, 5.41) is 37.8. The fourth-order valence-corrected chi connectivity index (χ4v) is 8.78. The molecular formula is C44H38N4O5S2. The number of nitrogens with zero attached hydrogens (tertiary/aromatic N) is 4. The van der Waals surface area contributed by atoms with Gasteiger partial charge in [0.25, 0.3) is 0 Å². The smallest absolute Gasteiger partial charge is 0.335 e. The van der Waals surface area contributed by atoms with Crippen molar-refractivity contribution in [1.82, 2.24) is 19.8 Å². The number of phenolic OH excluding ortho intramolecular Hbond substituents is 2. The summed E-state index contributed by atoms with van der Waals surface area (Å²) in [7, 11) is 0. The summed E-state index contributed by atoms with van der Waals surface area (Å²) < 4.78 is 6.98. The molecule has 5 heterocycles. The molecule has 4 aromatic heterocycles. The maximum Gasteiger partial charge on any atom is 0.335 e. The zero-order valence-corrected chi connectivity index (χ0v) is 31.4. The second kappa shape index (κ2) is 16.3. The van der Waals surface area contributed by atoms with E-state index < -0.39 is 11.9 Å². The van der Waals surface area contributed by atoms with Crippen LogP contribution in [0, 0.1) is 0 Å². The fourth-order valence-electron chi connectivity index (χ4n) is 7.29. The fraction of sp³-hybridized carbons (Fsp3) is 0.159. The summed E-state index contributed by atoms with van der Waals surface area (Å²) in [6, 6.07) is 33.9. The number of fused-ring (bicyclic) bond motifs is 2. The number of aromatic hydroxyl groups is 2. The largest absolute Gasteiger partial charge is 0.507 e. The Labute approximate surface area is 327 Å². The summed E-state index contributed by atoms with van der Waals surface area (Å²) in [4.78, 5) is 28.6. The number of carboxylic acid groups (broad SMARTS) is 1. The molecule has 7 aromatic rings. The molecule has 11 heteroatoms. The van der Waals surface area contributed by atoms with Gasteiger partial charge in [0, 0.05) is 78.5 Å². The van der Waals surface area contributed by atoms with E-state index in [9.17, 15) is 20.1 Å². The van der Waals surface area contributed by atoms with E-state index in [1.807, 2.05) is 83.6 Å². The second-order valence-corrected chi connectivity index (χ2v) is 15.5. The number of benzene rings is 3. The number of carbonyl (C=O) groups is 1. The van der Waals surface area contributed by atoms with E-state index in [1.54, 1.807) is 59.3 Å². The number of ether oxygens (including phenoxy) is 1. The van der Waals surface area contributed by atoms with Crippen molar-refractivity contribution in [3.8, 4) is 23.0 Å². The Bertz CT molecular complexity index is 2250. The van der Waals surface area contributed by atoms with Crippen LogP contribution in [0.2, 0.25) is 0 Å². The van der Waals surface area contributed by atoms with Gasteiger partial charge in [-0.05, 0) is 70.9 Å². The molecule has 276 valence electrons. The third kappa shape index (κ3) is 8.01. The van der Waals surface area contributed by atoms with Crippen molar-refractivity contribution in [2.45, 2.75) is 45.2 Å². The van der Waals surface area contributed by atoms with Gasteiger partial charge in [-0.1, -0.05) is 54.6 Å². The third-order valence-electron chi connectivity index (χ3n) is 9.77. The SMILES string of the molecule is O=C(O)c1ccccc1C1c2ccc(O)c(CN(Cc3ccccn3)Cc3cccs3)c2Oc2c1ccc(O)c2CN(Cc1ccccn1)Cc1cccs1. The van der Waals surface area contributed by atoms with Crippen LogP contribution in [-0.4, -0.2) is 41.1 Å². The van der Waals surface area contributed by atoms with Gasteiger partial charge in [-0.3, -0.25) is 19.8 Å². The highest BCUT2D eigenvalue weighted by atomic mass is 32.1. The molecule has 0 fully saturated rings. The van der Waals surface area contributed by atoms with E-state index in [0.717, 1.165) is 32.3 Å². The quantitative estimate of drug-likeness (QED) is 0.0995. The first kappa shape index (κ1) is 36.1. The molecule has 55 heavy (non-hydrogen) atoms. The lowest BCUT2D eigenvalue weighted by molar-refractivity contribution is 0.0695. The minimum Gasteiger partial charge on any atom is -0.507 e. The number of aromatic nitrogens is 2. The van der Waals surface area contributed by atoms with Gasteiger partial charge in [-0.15, -0.1) is 22.7 Å². The van der Waals surface area contributed by atoms with Gasteiger partial charge >= 0.3 is 5.97 Å². The molecule has 3 N–H and O–H groups in total. The maximum absolute atomic E-state index is 12.7. The predicted octanol–water partition coefficient (Wildman–Crippen LogP) is 9.40. The number of hydrogen-bond donors (Lipinski definition) is 3. The van der Waals surface area contributed by atoms with Gasteiger partial charge in [-0.2, -0.15) is 0 Å². The van der Waals surface area contributed by atoms with E-state index >= 15 is 0 Å². The Morgan fingerprint density at radius 2 is 1.09 bits per heavy atom. The molecule has 9 nitrogen and oxygen atoms in total. The van der Waals surface area contributed by atoms with Gasteiger partial charge in [0.2, 0.25) is 0 Å². The minimum absolute atomic E-state index is 0.0563. The van der Waals surface area contributed by atoms with Gasteiger partial charge in [0.15, 0.2) is 0 Å². The van der Waals surface area contributed by atoms with Crippen LogP contribution in [0.25, 0.3) is 0 Å². The summed E-state index contributed by atoms with van der Waals surface area (Å²) in [5.41, 5.74) is 5.09. The number of pyridine rings is 2. The van der Waals surface area contributed by atoms with Crippen molar-refractivity contribution < 1.29 is 24.9 Å². The van der Waals surface area contributed by atoms with E-state index in [-0.39, 0.29) is 17.1 Å². The monoisotopic (exact) mass is 766 g/mol. The third-order valence-corrected chi connectivity index (χ3v) is 11.5. The van der Waals surface area contributed by atoms with Crippen LogP contribution >= 0.6 is 22.7 Å². The Balaban J connectivity index is 1.26. The van der Waals surface area contributed by atoms with Gasteiger partial charge in [0.1, 0.15) is 23.0 Å². The average Bonchev–Trinajstić information content (AvgIpc) is 3.92. The lowest BCUT2D eigenvalue weighted by Crippen LogP contribution is -2.25. The van der Waals surface area contributed by atoms with Crippen LogP contribution in [0.1, 0.15) is 65.2 Å². The number of rotatable bonds is 14. The van der Waals surface area contributed by atoms with Crippen molar-refractivity contribution in [3.63, 3.8) is 0 Å². The highest BCUT2D eigenvalue weighted by Crippen LogP contribution is 2.53. The maximum atomic E-state index is 12.7. The van der Waals surface area contributed by atoms with Crippen LogP contribution in [0.5, 0.6) is 23.0 Å². The lowest BCUT2D eigenvalue weighted by Gasteiger charge is -2.34. The molecule has 0 saturated carbocycles. The van der Waals surface area contributed by atoms with E-state index in [1.165, 1.54) is 0 Å². The Hall–Kier alpha value is -5.85. The first-order chi connectivity index (χ1) is 26.9. The molecule has 3 aromatic carbocycles. The standard InChI is InChI=1S/C44H38N4O5S2/c49-39-17-15-35-41(33-13-1-2-14-34(33)44(51)52)36-16-18-40(50)38(28-48(26-32-12-8-22-55-32)24-30-10-4-6-20-46-30)43(36)53-42(35)37(39)27-47(25-31-11-7-21-54-31)23-29-9-3-5-19-45-29/h1-22,41,49-50H,23-28H2,(H,51,52). The number of carboxylic acids is 1. The Morgan fingerprint density at radius 3 is 1.55 bits per heavy atom. The first-order valence-corrected chi connectivity index (χ1v) is 19.7. The highest BCUT2D eigenvalue weighted by Gasteiger charge is 2.36. The van der Waals surface area contributed by atoms with Crippen LogP contribution in [-0.2, 0) is 39.3 Å². The number of thiophene rings is 2. The van der Waals surface area contributed by atoms with Crippen molar-refractivity contribution >= 4 is 28.6 Å². The number of phenols is 2. The van der Waals surface area contributed by atoms with Gasteiger partial charge in [0.05, 0.1) is 28.1 Å². The zero-order chi connectivity index (χ0) is 37.7. The predicted molar refractivity (Wildman–Crippen MR) is 214 cm³/mol. The molecule has 0 aliphatic carbocycles. The molecule has 8 rings (SSSR count). The van der Waals surface area contributed by atoms with Gasteiger partial charge in [-0.25, -0.2) is 4.79 Å². The topological polar surface area (TPSA) is 119 Å². The molecule has 0 bridgehead atoms. The minimum atomic E-state index is -1.04. The van der Waals surface area contributed by atoms with Crippen molar-refractivity contribution in [2.24, 2.45) is 0 Å². The second-order valence-electron chi connectivity index (χ2n) is 13.5. The molecule has 0 amide bonds. The van der Waals surface area contributed by atoms with Crippen LogP contribution in [0.15, 0.2) is 132 Å². The Morgan fingerprint density at radius 1 is 0.582 bits per heavy atom. The molecule has 1 aliphatic heterocycles.